The molecule has 0 aliphatic heterocycles. The third-order valence-electron chi connectivity index (χ3n) is 3.40. The van der Waals surface area contributed by atoms with Gasteiger partial charge in [0.2, 0.25) is 0 Å². The maximum Gasteiger partial charge on any atom is 0.320 e. The normalized spacial score (nSPS) is 12.0. The van der Waals surface area contributed by atoms with Crippen molar-refractivity contribution in [2.75, 3.05) is 6.61 Å². The lowest BCUT2D eigenvalue weighted by molar-refractivity contribution is -0.138. The minimum absolute atomic E-state index is 0.249. The second kappa shape index (κ2) is 8.86. The van der Waals surface area contributed by atoms with Gasteiger partial charge in [-0.25, -0.2) is 0 Å². The van der Waals surface area contributed by atoms with E-state index in [1.165, 1.54) is 0 Å². The van der Waals surface area contributed by atoms with Crippen LogP contribution >= 0.6 is 45.2 Å². The van der Waals surface area contributed by atoms with Crippen LogP contribution in [0.2, 0.25) is 0 Å². The lowest BCUT2D eigenvalue weighted by Crippen LogP contribution is -2.32. The number of hydrogen-bond acceptors (Lipinski definition) is 4. The number of rotatable bonds is 7. The van der Waals surface area contributed by atoms with E-state index in [-0.39, 0.29) is 12.2 Å². The van der Waals surface area contributed by atoms with E-state index < -0.39 is 12.0 Å². The lowest BCUT2D eigenvalue weighted by atomic mass is 10.1. The fraction of sp³-hybridized carbons (Fsp3) is 0.235. The summed E-state index contributed by atoms with van der Waals surface area (Å²) in [6.07, 6.45) is 1.02. The van der Waals surface area contributed by atoms with Crippen LogP contribution in [-0.4, -0.2) is 28.8 Å². The highest BCUT2D eigenvalue weighted by atomic mass is 127. The van der Waals surface area contributed by atoms with E-state index in [9.17, 15) is 9.90 Å². The molecule has 7 heteroatoms. The molecule has 128 valence electrons. The van der Waals surface area contributed by atoms with E-state index in [1.54, 1.807) is 12.1 Å². The molecule has 0 aliphatic rings. The first-order valence-corrected chi connectivity index (χ1v) is 9.39. The number of aliphatic carboxylic acids is 1. The maximum atomic E-state index is 10.9. The Morgan fingerprint density at radius 3 is 2.25 bits per heavy atom. The number of benzene rings is 2. The summed E-state index contributed by atoms with van der Waals surface area (Å²) >= 11 is 4.37. The van der Waals surface area contributed by atoms with Crippen LogP contribution < -0.4 is 10.5 Å². The van der Waals surface area contributed by atoms with Crippen LogP contribution in [-0.2, 0) is 17.6 Å². The van der Waals surface area contributed by atoms with Crippen molar-refractivity contribution < 1.29 is 19.7 Å². The van der Waals surface area contributed by atoms with Gasteiger partial charge in [-0.2, -0.15) is 0 Å². The number of aromatic hydroxyl groups is 1. The molecule has 2 rings (SSSR count). The van der Waals surface area contributed by atoms with E-state index in [0.29, 0.717) is 6.61 Å². The standard InChI is InChI=1S/C17H17I2NO4/c18-13-7-11(9-15(20)17(22)23)8-14(19)16(13)24-6-5-10-1-3-12(21)4-2-10/h1-4,7-8,15,21H,5-6,9,20H2,(H,22,23)/t15-/m0/s1. The van der Waals surface area contributed by atoms with Gasteiger partial charge in [-0.05, 0) is 87.0 Å². The van der Waals surface area contributed by atoms with Gasteiger partial charge in [-0.3, -0.25) is 4.79 Å². The molecule has 0 bridgehead atoms. The molecule has 0 radical (unpaired) electrons. The van der Waals surface area contributed by atoms with E-state index in [2.05, 4.69) is 45.2 Å². The number of carboxylic acids is 1. The molecule has 0 saturated carbocycles. The summed E-state index contributed by atoms with van der Waals surface area (Å²) in [6, 6.07) is 9.95. The SMILES string of the molecule is N[C@@H](Cc1cc(I)c(OCCc2ccc(O)cc2)c(I)c1)C(=O)O. The number of phenolic OH excluding ortho intramolecular Hbond substituents is 1. The summed E-state index contributed by atoms with van der Waals surface area (Å²) in [4.78, 5) is 10.9. The molecule has 0 aromatic heterocycles. The van der Waals surface area contributed by atoms with Crippen LogP contribution in [0.25, 0.3) is 0 Å². The first-order valence-electron chi connectivity index (χ1n) is 7.24. The highest BCUT2D eigenvalue weighted by Gasteiger charge is 2.15. The van der Waals surface area contributed by atoms with Crippen molar-refractivity contribution in [3.8, 4) is 11.5 Å². The number of phenols is 1. The van der Waals surface area contributed by atoms with Gasteiger partial charge in [0.25, 0.3) is 0 Å². The first-order chi connectivity index (χ1) is 11.4. The van der Waals surface area contributed by atoms with Gasteiger partial charge < -0.3 is 20.7 Å². The molecule has 24 heavy (non-hydrogen) atoms. The summed E-state index contributed by atoms with van der Waals surface area (Å²) in [6.45, 7) is 0.519. The Hall–Kier alpha value is -1.07. The molecule has 0 unspecified atom stereocenters. The van der Waals surface area contributed by atoms with Crippen LogP contribution in [0.5, 0.6) is 11.5 Å². The average molecular weight is 553 g/mol. The molecule has 0 heterocycles. The summed E-state index contributed by atoms with van der Waals surface area (Å²) < 4.78 is 7.74. The Balaban J connectivity index is 2.00. The minimum atomic E-state index is -1.01. The van der Waals surface area contributed by atoms with E-state index >= 15 is 0 Å². The quantitative estimate of drug-likeness (QED) is 0.459. The minimum Gasteiger partial charge on any atom is -0.508 e. The van der Waals surface area contributed by atoms with Gasteiger partial charge in [-0.15, -0.1) is 0 Å². The molecule has 0 spiro atoms. The van der Waals surface area contributed by atoms with Crippen LogP contribution in [0.1, 0.15) is 11.1 Å². The topological polar surface area (TPSA) is 92.8 Å². The van der Waals surface area contributed by atoms with Crippen molar-refractivity contribution in [1.29, 1.82) is 0 Å². The maximum absolute atomic E-state index is 10.9. The summed E-state index contributed by atoms with van der Waals surface area (Å²) in [5, 5.41) is 18.2. The smallest absolute Gasteiger partial charge is 0.320 e. The van der Waals surface area contributed by atoms with Crippen LogP contribution in [0.15, 0.2) is 36.4 Å². The van der Waals surface area contributed by atoms with Crippen molar-refractivity contribution in [3.63, 3.8) is 0 Å². The van der Waals surface area contributed by atoms with Crippen LogP contribution in [0, 0.1) is 7.14 Å². The van der Waals surface area contributed by atoms with Gasteiger partial charge in [0, 0.05) is 6.42 Å². The second-order valence-corrected chi connectivity index (χ2v) is 7.63. The Morgan fingerprint density at radius 2 is 1.71 bits per heavy atom. The Kier molecular flexibility index (Phi) is 7.11. The Labute approximate surface area is 167 Å². The van der Waals surface area contributed by atoms with E-state index in [1.807, 2.05) is 24.3 Å². The first kappa shape index (κ1) is 19.3. The molecule has 2 aromatic carbocycles. The summed E-state index contributed by atoms with van der Waals surface area (Å²) in [7, 11) is 0. The molecule has 0 amide bonds. The number of carbonyl (C=O) groups is 1. The zero-order chi connectivity index (χ0) is 17.7. The summed E-state index contributed by atoms with van der Waals surface area (Å²) in [5.41, 5.74) is 7.55. The number of halogens is 2. The molecular weight excluding hydrogens is 536 g/mol. The number of nitrogens with two attached hydrogens (primary N) is 1. The van der Waals surface area contributed by atoms with Crippen molar-refractivity contribution >= 4 is 51.2 Å². The molecule has 4 N–H and O–H groups in total. The molecule has 2 aromatic rings. The third kappa shape index (κ3) is 5.49. The second-order valence-electron chi connectivity index (χ2n) is 5.30. The number of carboxylic acid groups (broad SMARTS) is 1. The Morgan fingerprint density at radius 1 is 1.12 bits per heavy atom. The number of ether oxygens (including phenoxy) is 1. The van der Waals surface area contributed by atoms with Crippen molar-refractivity contribution in [1.82, 2.24) is 0 Å². The largest absolute Gasteiger partial charge is 0.508 e. The van der Waals surface area contributed by atoms with Crippen LogP contribution in [0.4, 0.5) is 0 Å². The predicted octanol–water partition coefficient (Wildman–Crippen LogP) is 3.18. The molecule has 0 saturated heterocycles. The highest BCUT2D eigenvalue weighted by molar-refractivity contribution is 14.1. The van der Waals surface area contributed by atoms with Gasteiger partial charge in [0.05, 0.1) is 13.7 Å². The van der Waals surface area contributed by atoms with Crippen molar-refractivity contribution in [2.45, 2.75) is 18.9 Å². The van der Waals surface area contributed by atoms with Crippen LogP contribution in [0.3, 0.4) is 0 Å². The number of hydrogen-bond donors (Lipinski definition) is 3. The highest BCUT2D eigenvalue weighted by Crippen LogP contribution is 2.29. The fourth-order valence-corrected chi connectivity index (χ4v) is 4.35. The van der Waals surface area contributed by atoms with E-state index in [4.69, 9.17) is 15.6 Å². The average Bonchev–Trinajstić information content (AvgIpc) is 2.51. The molecule has 0 aliphatic carbocycles. The van der Waals surface area contributed by atoms with Gasteiger partial charge >= 0.3 is 5.97 Å². The van der Waals surface area contributed by atoms with Gasteiger partial charge in [-0.1, -0.05) is 12.1 Å². The zero-order valence-corrected chi connectivity index (χ0v) is 17.0. The predicted molar refractivity (Wildman–Crippen MR) is 108 cm³/mol. The van der Waals surface area contributed by atoms with Crippen molar-refractivity contribution in [3.05, 3.63) is 54.7 Å². The third-order valence-corrected chi connectivity index (χ3v) is 5.01. The molecule has 1 atom stereocenters. The monoisotopic (exact) mass is 553 g/mol. The van der Waals surface area contributed by atoms with Gasteiger partial charge in [0.1, 0.15) is 17.5 Å². The van der Waals surface area contributed by atoms with Gasteiger partial charge in [0.15, 0.2) is 0 Å². The summed E-state index contributed by atoms with van der Waals surface area (Å²) in [5.74, 6) is 0.0378. The lowest BCUT2D eigenvalue weighted by Gasteiger charge is -2.13. The fourth-order valence-electron chi connectivity index (χ4n) is 2.14. The Bertz CT molecular complexity index is 696. The zero-order valence-electron chi connectivity index (χ0n) is 12.7. The van der Waals surface area contributed by atoms with E-state index in [0.717, 1.165) is 30.4 Å². The molecule has 5 nitrogen and oxygen atoms in total. The molecule has 0 fully saturated rings. The van der Waals surface area contributed by atoms with Crippen molar-refractivity contribution in [2.24, 2.45) is 5.73 Å². The molecular formula is C17H17I2NO4.